The van der Waals surface area contributed by atoms with Gasteiger partial charge in [0.05, 0.1) is 12.0 Å². The van der Waals surface area contributed by atoms with Gasteiger partial charge in [-0.05, 0) is 30.7 Å². The van der Waals surface area contributed by atoms with Crippen molar-refractivity contribution in [2.45, 2.75) is 31.8 Å². The molecule has 4 nitrogen and oxygen atoms in total. The van der Waals surface area contributed by atoms with E-state index in [0.717, 1.165) is 36.5 Å². The molecule has 2 aromatic rings. The van der Waals surface area contributed by atoms with Gasteiger partial charge in [0.1, 0.15) is 6.10 Å². The predicted octanol–water partition coefficient (Wildman–Crippen LogP) is 3.47. The molecule has 1 aromatic carbocycles. The number of fused-ring (bicyclic) bond motifs is 1. The molecule has 1 aliphatic rings. The molecule has 4 heteroatoms. The second-order valence-electron chi connectivity index (χ2n) is 5.34. The van der Waals surface area contributed by atoms with Crippen molar-refractivity contribution in [2.24, 2.45) is 5.92 Å². The van der Waals surface area contributed by atoms with Crippen molar-refractivity contribution in [1.82, 2.24) is 4.98 Å². The number of hydrogen-bond acceptors (Lipinski definition) is 4. The predicted molar refractivity (Wildman–Crippen MR) is 78.5 cm³/mol. The molecule has 1 fully saturated rings. The van der Waals surface area contributed by atoms with Gasteiger partial charge in [0.15, 0.2) is 5.69 Å². The normalized spacial score (nSPS) is 21.7. The Labute approximate surface area is 123 Å². The highest BCUT2D eigenvalue weighted by molar-refractivity contribution is 6.02. The van der Waals surface area contributed by atoms with Crippen LogP contribution in [0.1, 0.15) is 36.2 Å². The minimum Gasteiger partial charge on any atom is -0.456 e. The van der Waals surface area contributed by atoms with Crippen molar-refractivity contribution in [3.63, 3.8) is 0 Å². The number of rotatable bonds is 2. The Morgan fingerprint density at radius 2 is 2.05 bits per heavy atom. The fraction of sp³-hybridized carbons (Fsp3) is 0.353. The Bertz CT molecular complexity index is 700. The third kappa shape index (κ3) is 2.73. The SMILES string of the molecule is N#C[C@H]1CCCC[C@H]1OC(=O)c1nccc2ccccc12. The highest BCUT2D eigenvalue weighted by Gasteiger charge is 2.29. The average molecular weight is 280 g/mol. The number of hydrogen-bond donors (Lipinski definition) is 0. The highest BCUT2D eigenvalue weighted by atomic mass is 16.5. The molecule has 21 heavy (non-hydrogen) atoms. The average Bonchev–Trinajstić information content (AvgIpc) is 2.54. The Balaban J connectivity index is 1.86. The molecule has 106 valence electrons. The van der Waals surface area contributed by atoms with Crippen LogP contribution in [-0.4, -0.2) is 17.1 Å². The van der Waals surface area contributed by atoms with Gasteiger partial charge in [-0.2, -0.15) is 5.26 Å². The van der Waals surface area contributed by atoms with Gasteiger partial charge >= 0.3 is 5.97 Å². The van der Waals surface area contributed by atoms with Crippen LogP contribution >= 0.6 is 0 Å². The van der Waals surface area contributed by atoms with Crippen LogP contribution in [0.15, 0.2) is 36.5 Å². The summed E-state index contributed by atoms with van der Waals surface area (Å²) in [6.07, 6.45) is 4.89. The van der Waals surface area contributed by atoms with Crippen LogP contribution in [0, 0.1) is 17.2 Å². The number of esters is 1. The van der Waals surface area contributed by atoms with E-state index in [2.05, 4.69) is 11.1 Å². The zero-order chi connectivity index (χ0) is 14.7. The second kappa shape index (κ2) is 5.92. The van der Waals surface area contributed by atoms with Crippen LogP contribution in [0.4, 0.5) is 0 Å². The second-order valence-corrected chi connectivity index (χ2v) is 5.34. The van der Waals surface area contributed by atoms with Crippen molar-refractivity contribution in [3.05, 3.63) is 42.2 Å². The van der Waals surface area contributed by atoms with Crippen LogP contribution < -0.4 is 0 Å². The van der Waals surface area contributed by atoms with E-state index in [0.29, 0.717) is 5.69 Å². The zero-order valence-corrected chi connectivity index (χ0v) is 11.7. The van der Waals surface area contributed by atoms with E-state index in [1.165, 1.54) is 0 Å². The zero-order valence-electron chi connectivity index (χ0n) is 11.7. The van der Waals surface area contributed by atoms with Crippen molar-refractivity contribution >= 4 is 16.7 Å². The van der Waals surface area contributed by atoms with Crippen LogP contribution in [0.3, 0.4) is 0 Å². The Morgan fingerprint density at radius 3 is 2.90 bits per heavy atom. The number of pyridine rings is 1. The first-order valence-corrected chi connectivity index (χ1v) is 7.24. The summed E-state index contributed by atoms with van der Waals surface area (Å²) in [5.41, 5.74) is 0.329. The van der Waals surface area contributed by atoms with Gasteiger partial charge in [0, 0.05) is 11.6 Å². The molecule has 0 radical (unpaired) electrons. The molecular formula is C17H16N2O2. The maximum atomic E-state index is 12.4. The first-order chi connectivity index (χ1) is 10.3. The Kier molecular flexibility index (Phi) is 3.83. The molecule has 1 saturated carbocycles. The van der Waals surface area contributed by atoms with Crippen LogP contribution in [0.2, 0.25) is 0 Å². The minimum atomic E-state index is -0.432. The van der Waals surface area contributed by atoms with E-state index in [4.69, 9.17) is 10.00 Å². The standard InChI is InChI=1S/C17H16N2O2/c18-11-13-6-2-4-8-15(13)21-17(20)16-14-7-3-1-5-12(14)9-10-19-16/h1,3,5,7,9-10,13,15H,2,4,6,8H2/t13-,15-/m1/s1. The van der Waals surface area contributed by atoms with E-state index >= 15 is 0 Å². The van der Waals surface area contributed by atoms with Gasteiger partial charge < -0.3 is 4.74 Å². The molecule has 3 rings (SSSR count). The van der Waals surface area contributed by atoms with E-state index in [1.54, 1.807) is 6.20 Å². The Hall–Kier alpha value is -2.41. The number of aromatic nitrogens is 1. The summed E-state index contributed by atoms with van der Waals surface area (Å²) in [5, 5.41) is 10.9. The van der Waals surface area contributed by atoms with E-state index in [1.807, 2.05) is 30.3 Å². The quantitative estimate of drug-likeness (QED) is 0.790. The first kappa shape index (κ1) is 13.6. The van der Waals surface area contributed by atoms with Gasteiger partial charge in [0.25, 0.3) is 0 Å². The van der Waals surface area contributed by atoms with Gasteiger partial charge in [-0.25, -0.2) is 9.78 Å². The van der Waals surface area contributed by atoms with E-state index < -0.39 is 5.97 Å². The molecule has 0 saturated heterocycles. The minimum absolute atomic E-state index is 0.197. The number of nitrogens with zero attached hydrogens (tertiary/aromatic N) is 2. The number of carbonyl (C=O) groups is 1. The molecule has 0 bridgehead atoms. The largest absolute Gasteiger partial charge is 0.456 e. The van der Waals surface area contributed by atoms with Crippen molar-refractivity contribution in [3.8, 4) is 6.07 Å². The molecular weight excluding hydrogens is 264 g/mol. The van der Waals surface area contributed by atoms with Crippen molar-refractivity contribution in [2.75, 3.05) is 0 Å². The van der Waals surface area contributed by atoms with Gasteiger partial charge in [-0.15, -0.1) is 0 Å². The smallest absolute Gasteiger partial charge is 0.357 e. The summed E-state index contributed by atoms with van der Waals surface area (Å²) >= 11 is 0. The highest BCUT2D eigenvalue weighted by Crippen LogP contribution is 2.27. The summed E-state index contributed by atoms with van der Waals surface area (Å²) in [5.74, 6) is -0.628. The van der Waals surface area contributed by atoms with Crippen LogP contribution in [0.5, 0.6) is 0 Å². The molecule has 2 atom stereocenters. The third-order valence-corrected chi connectivity index (χ3v) is 3.99. The topological polar surface area (TPSA) is 63.0 Å². The number of nitriles is 1. The van der Waals surface area contributed by atoms with Gasteiger partial charge in [-0.3, -0.25) is 0 Å². The summed E-state index contributed by atoms with van der Waals surface area (Å²) < 4.78 is 5.57. The molecule has 0 spiro atoms. The lowest BCUT2D eigenvalue weighted by molar-refractivity contribution is 0.0103. The van der Waals surface area contributed by atoms with Crippen LogP contribution in [0.25, 0.3) is 10.8 Å². The maximum Gasteiger partial charge on any atom is 0.357 e. The Morgan fingerprint density at radius 1 is 1.24 bits per heavy atom. The molecule has 0 unspecified atom stereocenters. The third-order valence-electron chi connectivity index (χ3n) is 3.99. The molecule has 1 heterocycles. The lowest BCUT2D eigenvalue weighted by Gasteiger charge is -2.26. The summed E-state index contributed by atoms with van der Waals surface area (Å²) in [6, 6.07) is 11.7. The fourth-order valence-corrected chi connectivity index (χ4v) is 2.86. The first-order valence-electron chi connectivity index (χ1n) is 7.24. The lowest BCUT2D eigenvalue weighted by Crippen LogP contribution is -2.29. The van der Waals surface area contributed by atoms with Crippen molar-refractivity contribution in [1.29, 1.82) is 5.26 Å². The molecule has 1 aliphatic carbocycles. The molecule has 0 aliphatic heterocycles. The van der Waals surface area contributed by atoms with Gasteiger partial charge in [-0.1, -0.05) is 30.7 Å². The van der Waals surface area contributed by atoms with Crippen molar-refractivity contribution < 1.29 is 9.53 Å². The fourth-order valence-electron chi connectivity index (χ4n) is 2.86. The molecule has 1 aromatic heterocycles. The van der Waals surface area contributed by atoms with Crippen LogP contribution in [-0.2, 0) is 4.74 Å². The lowest BCUT2D eigenvalue weighted by atomic mass is 9.87. The number of ether oxygens (including phenoxy) is 1. The van der Waals surface area contributed by atoms with E-state index in [9.17, 15) is 4.79 Å². The number of benzene rings is 1. The van der Waals surface area contributed by atoms with E-state index in [-0.39, 0.29) is 12.0 Å². The summed E-state index contributed by atoms with van der Waals surface area (Å²) in [7, 11) is 0. The summed E-state index contributed by atoms with van der Waals surface area (Å²) in [4.78, 5) is 16.6. The molecule has 0 N–H and O–H groups in total. The summed E-state index contributed by atoms with van der Waals surface area (Å²) in [6.45, 7) is 0. The molecule has 0 amide bonds. The number of carbonyl (C=O) groups excluding carboxylic acids is 1. The monoisotopic (exact) mass is 280 g/mol. The maximum absolute atomic E-state index is 12.4. The van der Waals surface area contributed by atoms with Gasteiger partial charge in [0.2, 0.25) is 0 Å².